The van der Waals surface area contributed by atoms with E-state index in [2.05, 4.69) is 6.92 Å². The summed E-state index contributed by atoms with van der Waals surface area (Å²) in [4.78, 5) is 0. The van der Waals surface area contributed by atoms with E-state index < -0.39 is 7.82 Å². The quantitative estimate of drug-likeness (QED) is 0.291. The van der Waals surface area contributed by atoms with Crippen LogP contribution in [0.3, 0.4) is 0 Å². The number of phosphoric acid groups is 1. The summed E-state index contributed by atoms with van der Waals surface area (Å²) < 4.78 is 37.9. The van der Waals surface area contributed by atoms with E-state index in [0.29, 0.717) is 26.4 Å². The molecule has 2 atom stereocenters. The molecule has 0 N–H and O–H groups in total. The second-order valence-corrected chi connectivity index (χ2v) is 7.81. The third-order valence-electron chi connectivity index (χ3n) is 3.77. The predicted octanol–water partition coefficient (Wildman–Crippen LogP) is 4.72. The second kappa shape index (κ2) is 14.2. The van der Waals surface area contributed by atoms with E-state index in [1.165, 1.54) is 44.9 Å². The van der Waals surface area contributed by atoms with E-state index in [1.807, 2.05) is 0 Å². The molecule has 0 aromatic rings. The van der Waals surface area contributed by atoms with Gasteiger partial charge in [0.1, 0.15) is 0 Å². The summed E-state index contributed by atoms with van der Waals surface area (Å²) in [5, 5.41) is 0. The topological polar surface area (TPSA) is 63.2 Å². The maximum Gasteiger partial charge on any atom is 0.475 e. The molecule has 144 valence electrons. The standard InChI is InChI=1S/C17H35O6P/c1-3-4-5-6-7-8-9-10-11-19-12-13-20-14-15-21-24(18)22-16-17(2)23-24/h17H,3-16H2,1-2H3. The third kappa shape index (κ3) is 11.6. The molecular weight excluding hydrogens is 331 g/mol. The van der Waals surface area contributed by atoms with Crippen LogP contribution < -0.4 is 0 Å². The Labute approximate surface area is 147 Å². The van der Waals surface area contributed by atoms with E-state index in [9.17, 15) is 4.57 Å². The van der Waals surface area contributed by atoms with E-state index in [0.717, 1.165) is 13.0 Å². The maximum atomic E-state index is 11.8. The fraction of sp³-hybridized carbons (Fsp3) is 1.00. The summed E-state index contributed by atoms with van der Waals surface area (Å²) in [5.74, 6) is 0. The highest BCUT2D eigenvalue weighted by Gasteiger charge is 2.36. The monoisotopic (exact) mass is 366 g/mol. The molecule has 0 amide bonds. The fourth-order valence-corrected chi connectivity index (χ4v) is 3.80. The Morgan fingerprint density at radius 2 is 1.46 bits per heavy atom. The molecule has 0 aromatic heterocycles. The predicted molar refractivity (Wildman–Crippen MR) is 94.3 cm³/mol. The van der Waals surface area contributed by atoms with Gasteiger partial charge in [-0.2, -0.15) is 0 Å². The van der Waals surface area contributed by atoms with E-state index >= 15 is 0 Å². The Kier molecular flexibility index (Phi) is 13.1. The fourth-order valence-electron chi connectivity index (χ4n) is 2.41. The molecule has 0 spiro atoms. The molecule has 0 aliphatic carbocycles. The molecule has 1 fully saturated rings. The van der Waals surface area contributed by atoms with Crippen LogP contribution in [-0.4, -0.2) is 45.7 Å². The van der Waals surface area contributed by atoms with Crippen LogP contribution >= 0.6 is 7.82 Å². The van der Waals surface area contributed by atoms with Crippen LogP contribution in [0, 0.1) is 0 Å². The summed E-state index contributed by atoms with van der Waals surface area (Å²) in [6.07, 6.45) is 10.3. The van der Waals surface area contributed by atoms with Gasteiger partial charge in [-0.1, -0.05) is 51.9 Å². The Hall–Kier alpha value is 0.0300. The van der Waals surface area contributed by atoms with E-state index in [4.69, 9.17) is 23.0 Å². The van der Waals surface area contributed by atoms with Gasteiger partial charge in [-0.25, -0.2) is 4.57 Å². The average Bonchev–Trinajstić information content (AvgIpc) is 2.90. The lowest BCUT2D eigenvalue weighted by molar-refractivity contribution is 0.0307. The minimum atomic E-state index is -3.32. The van der Waals surface area contributed by atoms with Crippen molar-refractivity contribution in [2.75, 3.05) is 39.6 Å². The summed E-state index contributed by atoms with van der Waals surface area (Å²) in [5.41, 5.74) is 0. The van der Waals surface area contributed by atoms with Gasteiger partial charge in [0.15, 0.2) is 0 Å². The number of hydrogen-bond acceptors (Lipinski definition) is 6. The van der Waals surface area contributed by atoms with Crippen molar-refractivity contribution in [3.63, 3.8) is 0 Å². The van der Waals surface area contributed by atoms with Gasteiger partial charge < -0.3 is 9.47 Å². The lowest BCUT2D eigenvalue weighted by Crippen LogP contribution is -2.09. The van der Waals surface area contributed by atoms with Gasteiger partial charge in [-0.05, 0) is 13.3 Å². The Bertz CT molecular complexity index is 339. The van der Waals surface area contributed by atoms with Crippen molar-refractivity contribution in [2.24, 2.45) is 0 Å². The zero-order valence-electron chi connectivity index (χ0n) is 15.4. The number of hydrogen-bond donors (Lipinski definition) is 0. The lowest BCUT2D eigenvalue weighted by Gasteiger charge is -2.10. The number of phosphoric ester groups is 1. The molecule has 0 aromatic carbocycles. The highest BCUT2D eigenvalue weighted by Crippen LogP contribution is 2.54. The molecule has 1 heterocycles. The van der Waals surface area contributed by atoms with Crippen LogP contribution in [0.25, 0.3) is 0 Å². The van der Waals surface area contributed by atoms with Gasteiger partial charge in [-0.15, -0.1) is 0 Å². The van der Waals surface area contributed by atoms with Crippen LogP contribution in [0.4, 0.5) is 0 Å². The highest BCUT2D eigenvalue weighted by molar-refractivity contribution is 7.48. The normalized spacial score (nSPS) is 23.8. The Balaban J connectivity index is 1.74. The summed E-state index contributed by atoms with van der Waals surface area (Å²) in [7, 11) is -3.32. The summed E-state index contributed by atoms with van der Waals surface area (Å²) in [6, 6.07) is 0. The van der Waals surface area contributed by atoms with Crippen LogP contribution in [0.15, 0.2) is 0 Å². The van der Waals surface area contributed by atoms with Crippen molar-refractivity contribution in [3.8, 4) is 0 Å². The van der Waals surface area contributed by atoms with Crippen LogP contribution in [-0.2, 0) is 27.6 Å². The minimum Gasteiger partial charge on any atom is -0.379 e. The second-order valence-electron chi connectivity index (χ2n) is 6.19. The van der Waals surface area contributed by atoms with Crippen molar-refractivity contribution in [2.45, 2.75) is 71.3 Å². The minimum absolute atomic E-state index is 0.179. The molecule has 7 heteroatoms. The molecule has 2 unspecified atom stereocenters. The van der Waals surface area contributed by atoms with Gasteiger partial charge in [0.2, 0.25) is 0 Å². The number of ether oxygens (including phenoxy) is 2. The smallest absolute Gasteiger partial charge is 0.379 e. The third-order valence-corrected chi connectivity index (χ3v) is 5.35. The molecule has 24 heavy (non-hydrogen) atoms. The zero-order valence-corrected chi connectivity index (χ0v) is 16.3. The molecule has 0 bridgehead atoms. The van der Waals surface area contributed by atoms with Gasteiger partial charge in [-0.3, -0.25) is 13.6 Å². The van der Waals surface area contributed by atoms with E-state index in [-0.39, 0.29) is 12.7 Å². The molecule has 0 saturated carbocycles. The zero-order chi connectivity index (χ0) is 17.5. The SMILES string of the molecule is CCCCCCCCCCOCCOCCOP1(=O)OCC(C)O1. The number of unbranched alkanes of at least 4 members (excludes halogenated alkanes) is 7. The van der Waals surface area contributed by atoms with Crippen molar-refractivity contribution in [1.29, 1.82) is 0 Å². The first-order valence-corrected chi connectivity index (χ1v) is 10.9. The van der Waals surface area contributed by atoms with Gasteiger partial charge in [0.05, 0.1) is 39.1 Å². The highest BCUT2D eigenvalue weighted by atomic mass is 31.2. The van der Waals surface area contributed by atoms with Crippen molar-refractivity contribution < 1.29 is 27.6 Å². The molecule has 1 saturated heterocycles. The van der Waals surface area contributed by atoms with Crippen molar-refractivity contribution >= 4 is 7.82 Å². The Morgan fingerprint density at radius 3 is 2.08 bits per heavy atom. The lowest BCUT2D eigenvalue weighted by atomic mass is 10.1. The maximum absolute atomic E-state index is 11.8. The molecule has 6 nitrogen and oxygen atoms in total. The van der Waals surface area contributed by atoms with Crippen LogP contribution in [0.5, 0.6) is 0 Å². The summed E-state index contributed by atoms with van der Waals surface area (Å²) in [6.45, 7) is 6.79. The van der Waals surface area contributed by atoms with Crippen LogP contribution in [0.2, 0.25) is 0 Å². The first kappa shape index (κ1) is 22.1. The number of rotatable bonds is 16. The average molecular weight is 366 g/mol. The Morgan fingerprint density at radius 1 is 0.875 bits per heavy atom. The van der Waals surface area contributed by atoms with E-state index in [1.54, 1.807) is 6.92 Å². The molecule has 1 rings (SSSR count). The first-order chi connectivity index (χ1) is 11.7. The van der Waals surface area contributed by atoms with Gasteiger partial charge >= 0.3 is 7.82 Å². The first-order valence-electron chi connectivity index (χ1n) is 9.39. The largest absolute Gasteiger partial charge is 0.475 e. The van der Waals surface area contributed by atoms with Gasteiger partial charge in [0, 0.05) is 6.61 Å². The molecule has 0 radical (unpaired) electrons. The summed E-state index contributed by atoms with van der Waals surface area (Å²) >= 11 is 0. The molecule has 1 aliphatic heterocycles. The molecular formula is C17H35O6P. The van der Waals surface area contributed by atoms with Crippen molar-refractivity contribution in [1.82, 2.24) is 0 Å². The molecule has 1 aliphatic rings. The van der Waals surface area contributed by atoms with Crippen molar-refractivity contribution in [3.05, 3.63) is 0 Å². The van der Waals surface area contributed by atoms with Gasteiger partial charge in [0.25, 0.3) is 0 Å². The van der Waals surface area contributed by atoms with Crippen LogP contribution in [0.1, 0.15) is 65.2 Å².